The van der Waals surface area contributed by atoms with E-state index in [2.05, 4.69) is 63.0 Å². The third kappa shape index (κ3) is 13.0. The molecule has 2 amide bonds. The minimum Gasteiger partial charge on any atom is -0.491 e. The Kier molecular flexibility index (Phi) is 16.4. The first kappa shape index (κ1) is 46.5. The maximum Gasteiger partial charge on any atom is 0.246 e. The van der Waals surface area contributed by atoms with Crippen molar-refractivity contribution < 1.29 is 33.6 Å². The number of aliphatic hydroxyl groups is 1. The van der Waals surface area contributed by atoms with Gasteiger partial charge in [0.1, 0.15) is 19.0 Å². The molecule has 1 saturated heterocycles. The van der Waals surface area contributed by atoms with Gasteiger partial charge in [-0.15, -0.1) is 11.3 Å². The highest BCUT2D eigenvalue weighted by Crippen LogP contribution is 2.30. The molecule has 0 bridgehead atoms. The van der Waals surface area contributed by atoms with Crippen LogP contribution in [-0.4, -0.2) is 123 Å². The Labute approximate surface area is 369 Å². The van der Waals surface area contributed by atoms with Gasteiger partial charge in [-0.3, -0.25) is 14.5 Å². The van der Waals surface area contributed by atoms with Crippen LogP contribution in [0.3, 0.4) is 0 Å². The highest BCUT2D eigenvalue weighted by atomic mass is 32.1. The molecule has 13 nitrogen and oxygen atoms in total. The zero-order valence-corrected chi connectivity index (χ0v) is 37.9. The van der Waals surface area contributed by atoms with E-state index in [1.807, 2.05) is 95.5 Å². The van der Waals surface area contributed by atoms with Crippen molar-refractivity contribution in [3.8, 4) is 27.4 Å². The number of hydrogen-bond acceptors (Lipinski definition) is 12. The van der Waals surface area contributed by atoms with Crippen molar-refractivity contribution in [1.82, 2.24) is 25.5 Å². The predicted molar refractivity (Wildman–Crippen MR) is 246 cm³/mol. The minimum atomic E-state index is -0.636. The summed E-state index contributed by atoms with van der Waals surface area (Å²) in [6.07, 6.45) is -0.309. The van der Waals surface area contributed by atoms with Crippen molar-refractivity contribution >= 4 is 39.7 Å². The first-order chi connectivity index (χ1) is 29.7. The van der Waals surface area contributed by atoms with Crippen LogP contribution < -0.4 is 20.3 Å². The Morgan fingerprint density at radius 2 is 1.56 bits per heavy atom. The van der Waals surface area contributed by atoms with Crippen LogP contribution in [0.4, 0.5) is 5.69 Å². The summed E-state index contributed by atoms with van der Waals surface area (Å²) in [4.78, 5) is 41.0. The summed E-state index contributed by atoms with van der Waals surface area (Å²) in [5, 5.41) is 17.9. The molecule has 0 spiro atoms. The first-order valence-corrected chi connectivity index (χ1v) is 22.2. The zero-order valence-electron chi connectivity index (χ0n) is 37.1. The summed E-state index contributed by atoms with van der Waals surface area (Å²) >= 11 is 1.61. The molecule has 3 heterocycles. The molecule has 14 heteroatoms. The number of ether oxygens (including phenoxy) is 4. The Hall–Kier alpha value is -4.96. The molecule has 332 valence electrons. The topological polar surface area (TPSA) is 148 Å². The van der Waals surface area contributed by atoms with E-state index >= 15 is 0 Å². The Morgan fingerprint density at radius 1 is 0.887 bits per heavy atom. The van der Waals surface area contributed by atoms with E-state index in [0.717, 1.165) is 55.3 Å². The van der Waals surface area contributed by atoms with Crippen LogP contribution in [0.25, 0.3) is 32.6 Å². The summed E-state index contributed by atoms with van der Waals surface area (Å²) in [6.45, 7) is 12.9. The molecule has 0 radical (unpaired) electrons. The number of carbonyl (C=O) groups excluding carboxylic acids is 2. The van der Waals surface area contributed by atoms with E-state index in [-0.39, 0.29) is 42.5 Å². The number of rotatable bonds is 21. The average molecular weight is 867 g/mol. The summed E-state index contributed by atoms with van der Waals surface area (Å²) < 4.78 is 22.8. The molecule has 5 aromatic rings. The molecule has 62 heavy (non-hydrogen) atoms. The van der Waals surface area contributed by atoms with E-state index in [4.69, 9.17) is 23.9 Å². The van der Waals surface area contributed by atoms with Gasteiger partial charge in [-0.05, 0) is 73.2 Å². The molecule has 6 rings (SSSR count). The number of anilines is 1. The zero-order chi connectivity index (χ0) is 44.2. The summed E-state index contributed by atoms with van der Waals surface area (Å²) in [7, 11) is 4.05. The number of aryl methyl sites for hydroxylation is 1. The van der Waals surface area contributed by atoms with Gasteiger partial charge in [0.2, 0.25) is 11.8 Å². The number of fused-ring (bicyclic) bond motifs is 1. The maximum atomic E-state index is 13.6. The van der Waals surface area contributed by atoms with Gasteiger partial charge >= 0.3 is 0 Å². The smallest absolute Gasteiger partial charge is 0.246 e. The van der Waals surface area contributed by atoms with Gasteiger partial charge in [-0.1, -0.05) is 63.2 Å². The number of pyridine rings is 1. The third-order valence-electron chi connectivity index (χ3n) is 11.1. The number of hydrogen-bond donors (Lipinski definition) is 3. The Morgan fingerprint density at radius 3 is 2.23 bits per heavy atom. The Balaban J connectivity index is 0.844. The van der Waals surface area contributed by atoms with Gasteiger partial charge in [0.05, 0.1) is 78.5 Å². The number of aromatic nitrogens is 2. The number of nitrogens with one attached hydrogen (secondary N) is 2. The van der Waals surface area contributed by atoms with Crippen LogP contribution in [0.15, 0.2) is 84.4 Å². The summed E-state index contributed by atoms with van der Waals surface area (Å²) in [5.41, 5.74) is 8.65. The van der Waals surface area contributed by atoms with Crippen LogP contribution in [-0.2, 0) is 23.8 Å². The van der Waals surface area contributed by atoms with Crippen LogP contribution in [0.1, 0.15) is 51.4 Å². The Bertz CT molecular complexity index is 2210. The molecule has 4 atom stereocenters. The molecular formula is C48H62N6O7S. The van der Waals surface area contributed by atoms with Crippen molar-refractivity contribution in [2.75, 3.05) is 78.3 Å². The fraction of sp³-hybridized carbons (Fsp3) is 0.458. The fourth-order valence-corrected chi connectivity index (χ4v) is 8.17. The SMILES string of the molecule is Cc1ncsc1-c1ccc([C@H](C)NC(=O)[C@@H]2C[C@@H](O)CN2C[C@@H](NC(=O)COCCOCCOCCOc2ccc3nc(-c4ccc(N(C)C)cc4)ccc3c2)C(C)(C)C)cc1. The molecular weight excluding hydrogens is 805 g/mol. The summed E-state index contributed by atoms with van der Waals surface area (Å²) in [6, 6.07) is 25.5. The quantitative estimate of drug-likeness (QED) is 0.0680. The number of carbonyl (C=O) groups is 2. The molecule has 3 aromatic carbocycles. The molecule has 0 unspecified atom stereocenters. The number of likely N-dealkylation sites (tertiary alicyclic amines) is 1. The minimum absolute atomic E-state index is 0.119. The van der Waals surface area contributed by atoms with Gasteiger partial charge in [0.15, 0.2) is 0 Å². The lowest BCUT2D eigenvalue weighted by Gasteiger charge is -2.36. The molecule has 3 N–H and O–H groups in total. The van der Waals surface area contributed by atoms with E-state index in [1.165, 1.54) is 0 Å². The second-order valence-corrected chi connectivity index (χ2v) is 17.9. The van der Waals surface area contributed by atoms with Gasteiger partial charge in [-0.25, -0.2) is 9.97 Å². The number of β-amino-alcohol motifs (C(OH)–C–C–N with tert-alkyl or cyclic N) is 1. The van der Waals surface area contributed by atoms with Gasteiger partial charge in [-0.2, -0.15) is 0 Å². The van der Waals surface area contributed by atoms with Crippen LogP contribution in [0.2, 0.25) is 0 Å². The number of amides is 2. The van der Waals surface area contributed by atoms with Crippen LogP contribution >= 0.6 is 11.3 Å². The molecule has 1 aliphatic heterocycles. The van der Waals surface area contributed by atoms with Gasteiger partial charge in [0, 0.05) is 49.9 Å². The number of benzene rings is 3. The van der Waals surface area contributed by atoms with Crippen LogP contribution in [0, 0.1) is 12.3 Å². The van der Waals surface area contributed by atoms with Crippen molar-refractivity contribution in [2.45, 2.75) is 65.3 Å². The number of nitrogens with zero attached hydrogens (tertiary/aromatic N) is 4. The number of aliphatic hydroxyl groups excluding tert-OH is 1. The maximum absolute atomic E-state index is 13.6. The van der Waals surface area contributed by atoms with E-state index in [9.17, 15) is 14.7 Å². The van der Waals surface area contributed by atoms with Crippen molar-refractivity contribution in [1.29, 1.82) is 0 Å². The summed E-state index contributed by atoms with van der Waals surface area (Å²) in [5.74, 6) is 0.359. The van der Waals surface area contributed by atoms with E-state index in [1.54, 1.807) is 11.3 Å². The second-order valence-electron chi connectivity index (χ2n) is 17.1. The second kappa shape index (κ2) is 21.9. The molecule has 0 aliphatic carbocycles. The van der Waals surface area contributed by atoms with Crippen molar-refractivity contribution in [3.05, 3.63) is 95.6 Å². The first-order valence-electron chi connectivity index (χ1n) is 21.3. The van der Waals surface area contributed by atoms with E-state index < -0.39 is 12.1 Å². The third-order valence-corrected chi connectivity index (χ3v) is 12.1. The molecule has 2 aromatic heterocycles. The lowest BCUT2D eigenvalue weighted by atomic mass is 9.86. The lowest BCUT2D eigenvalue weighted by molar-refractivity contribution is -0.128. The molecule has 1 fully saturated rings. The number of thiazole rings is 1. The van der Waals surface area contributed by atoms with Crippen LogP contribution in [0.5, 0.6) is 5.75 Å². The van der Waals surface area contributed by atoms with Gasteiger partial charge < -0.3 is 39.6 Å². The van der Waals surface area contributed by atoms with Gasteiger partial charge in [0.25, 0.3) is 0 Å². The standard InChI is InChI=1S/C48H62N6O7S/c1-32(34-8-10-36(11-9-34)46-33(2)49-31-62-46)50-47(57)43-27-39(55)28-54(43)29-44(48(3,4)5)52-45(56)30-60-23-22-58-20-21-59-24-25-61-40-17-19-42-37(26-40)14-18-41(51-42)35-12-15-38(16-13-35)53(6)7/h8-19,26,31-32,39,43-44,55H,20-25,27-30H2,1-7H3,(H,50,57)(H,52,56)/t32-,39+,43-,44+/m0/s1. The monoisotopic (exact) mass is 866 g/mol. The van der Waals surface area contributed by atoms with Crippen molar-refractivity contribution in [3.63, 3.8) is 0 Å². The predicted octanol–water partition coefficient (Wildman–Crippen LogP) is 6.67. The largest absolute Gasteiger partial charge is 0.491 e. The highest BCUT2D eigenvalue weighted by molar-refractivity contribution is 7.13. The normalized spacial score (nSPS) is 16.6. The average Bonchev–Trinajstić information content (AvgIpc) is 3.86. The highest BCUT2D eigenvalue weighted by Gasteiger charge is 2.39. The van der Waals surface area contributed by atoms with E-state index in [0.29, 0.717) is 52.5 Å². The molecule has 1 aliphatic rings. The lowest BCUT2D eigenvalue weighted by Crippen LogP contribution is -2.54. The molecule has 0 saturated carbocycles. The fourth-order valence-electron chi connectivity index (χ4n) is 7.36. The van der Waals surface area contributed by atoms with Crippen molar-refractivity contribution in [2.24, 2.45) is 5.41 Å².